The van der Waals surface area contributed by atoms with Gasteiger partial charge in [0.2, 0.25) is 17.8 Å². The fourth-order valence-corrected chi connectivity index (χ4v) is 10.0. The average molecular weight is 864 g/mol. The molecule has 0 spiro atoms. The molecular formula is C49H49N15O. The zero-order valence-electron chi connectivity index (χ0n) is 35.8. The van der Waals surface area contributed by atoms with Crippen LogP contribution < -0.4 is 16.0 Å². The molecule has 7 heterocycles. The van der Waals surface area contributed by atoms with E-state index in [4.69, 9.17) is 29.7 Å². The molecule has 326 valence electrons. The molecule has 2 saturated carbocycles. The van der Waals surface area contributed by atoms with Gasteiger partial charge in [-0.1, -0.05) is 18.2 Å². The third-order valence-corrected chi connectivity index (χ3v) is 13.6. The molecule has 1 aliphatic heterocycles. The normalized spacial score (nSPS) is 20.4. The van der Waals surface area contributed by atoms with Crippen LogP contribution in [0.25, 0.3) is 66.9 Å². The maximum absolute atomic E-state index is 5.60. The molecule has 2 aliphatic carbocycles. The van der Waals surface area contributed by atoms with Crippen molar-refractivity contribution in [3.8, 4) is 33.8 Å². The van der Waals surface area contributed by atoms with Crippen LogP contribution in [0.5, 0.6) is 0 Å². The summed E-state index contributed by atoms with van der Waals surface area (Å²) in [6.45, 7) is 1.51. The van der Waals surface area contributed by atoms with E-state index in [9.17, 15) is 0 Å². The number of aromatic amines is 3. The highest BCUT2D eigenvalue weighted by molar-refractivity contribution is 5.83. The molecule has 16 nitrogen and oxygen atoms in total. The molecule has 1 saturated heterocycles. The first kappa shape index (κ1) is 39.3. The Bertz CT molecular complexity index is 3130. The van der Waals surface area contributed by atoms with Gasteiger partial charge in [-0.25, -0.2) is 44.9 Å². The molecule has 0 amide bonds. The van der Waals surface area contributed by atoms with E-state index < -0.39 is 0 Å². The van der Waals surface area contributed by atoms with E-state index in [2.05, 4.69) is 112 Å². The van der Waals surface area contributed by atoms with Crippen molar-refractivity contribution in [2.45, 2.75) is 87.7 Å². The molecular weight excluding hydrogens is 815 g/mol. The van der Waals surface area contributed by atoms with Crippen molar-refractivity contribution in [1.82, 2.24) is 59.8 Å². The molecule has 65 heavy (non-hydrogen) atoms. The van der Waals surface area contributed by atoms with Gasteiger partial charge in [-0.15, -0.1) is 0 Å². The van der Waals surface area contributed by atoms with Gasteiger partial charge >= 0.3 is 0 Å². The van der Waals surface area contributed by atoms with Crippen molar-refractivity contribution in [1.29, 1.82) is 0 Å². The first-order valence-electron chi connectivity index (χ1n) is 22.9. The van der Waals surface area contributed by atoms with Crippen LogP contribution in [-0.2, 0) is 4.74 Å². The predicted octanol–water partition coefficient (Wildman–Crippen LogP) is 9.16. The Morgan fingerprint density at radius 3 is 1.77 bits per heavy atom. The number of anilines is 3. The third kappa shape index (κ3) is 8.21. The lowest BCUT2D eigenvalue weighted by Gasteiger charge is -2.30. The lowest BCUT2D eigenvalue weighted by Crippen LogP contribution is -2.29. The van der Waals surface area contributed by atoms with Gasteiger partial charge in [0, 0.05) is 77.6 Å². The summed E-state index contributed by atoms with van der Waals surface area (Å²) in [6.07, 6.45) is 17.8. The van der Waals surface area contributed by atoms with E-state index in [0.717, 1.165) is 144 Å². The van der Waals surface area contributed by atoms with Crippen LogP contribution in [0.1, 0.15) is 80.9 Å². The van der Waals surface area contributed by atoms with Crippen molar-refractivity contribution in [3.05, 3.63) is 109 Å². The summed E-state index contributed by atoms with van der Waals surface area (Å²) in [5.41, 5.74) is 13.8. The van der Waals surface area contributed by atoms with Gasteiger partial charge in [0.1, 0.15) is 0 Å². The number of fused-ring (bicyclic) bond motifs is 3. The number of hydrogen-bond acceptors (Lipinski definition) is 13. The monoisotopic (exact) mass is 863 g/mol. The van der Waals surface area contributed by atoms with Gasteiger partial charge in [0.25, 0.3) is 0 Å². The Labute approximate surface area is 374 Å². The van der Waals surface area contributed by atoms with Crippen LogP contribution >= 0.6 is 0 Å². The molecule has 12 rings (SSSR count). The molecule has 9 aromatic rings. The summed E-state index contributed by atoms with van der Waals surface area (Å²) in [6, 6.07) is 23.6. The maximum Gasteiger partial charge on any atom is 0.223 e. The summed E-state index contributed by atoms with van der Waals surface area (Å²) in [4.78, 5) is 53.1. The van der Waals surface area contributed by atoms with E-state index in [1.807, 2.05) is 18.3 Å². The number of aromatic nitrogens is 12. The fraction of sp³-hybridized carbons (Fsp3) is 0.327. The van der Waals surface area contributed by atoms with Crippen LogP contribution in [0, 0.1) is 0 Å². The van der Waals surface area contributed by atoms with Crippen molar-refractivity contribution >= 4 is 50.9 Å². The highest BCUT2D eigenvalue weighted by Crippen LogP contribution is 2.40. The predicted molar refractivity (Wildman–Crippen MR) is 251 cm³/mol. The van der Waals surface area contributed by atoms with Crippen LogP contribution in [-0.4, -0.2) is 91.1 Å². The Kier molecular flexibility index (Phi) is 10.3. The second-order valence-corrected chi connectivity index (χ2v) is 17.7. The molecule has 3 aromatic carbocycles. The van der Waals surface area contributed by atoms with Crippen molar-refractivity contribution in [3.63, 3.8) is 0 Å². The quantitative estimate of drug-likeness (QED) is 0.0718. The summed E-state index contributed by atoms with van der Waals surface area (Å²) >= 11 is 0. The highest BCUT2D eigenvalue weighted by Gasteiger charge is 2.30. The van der Waals surface area contributed by atoms with Crippen molar-refractivity contribution in [2.24, 2.45) is 0 Å². The molecule has 2 atom stereocenters. The van der Waals surface area contributed by atoms with Crippen LogP contribution in [0.15, 0.2) is 98.1 Å². The molecule has 0 bridgehead atoms. The lowest BCUT2D eigenvalue weighted by atomic mass is 9.81. The highest BCUT2D eigenvalue weighted by atomic mass is 16.5. The Hall–Kier alpha value is -7.33. The number of imidazole rings is 3. The van der Waals surface area contributed by atoms with Crippen molar-refractivity contribution in [2.75, 3.05) is 29.2 Å². The van der Waals surface area contributed by atoms with Gasteiger partial charge in [-0.3, -0.25) is 0 Å². The number of H-pyrrole nitrogens is 3. The summed E-state index contributed by atoms with van der Waals surface area (Å²) in [5.74, 6) is 2.52. The van der Waals surface area contributed by atoms with Gasteiger partial charge in [-0.2, -0.15) is 0 Å². The standard InChI is InChI=1S/C49H49N15O/c1-7-33(8-2-28(1)36-24-51-48(58-34-14-17-65-18-15-34)64-46(36)32-6-12-40-45(22-32)57-27-54-40)59-49-62-41(23-42(63-49)31-5-11-39-44(21-31)56-26-53-39)29-3-9-35(19-29)60-47-50-16-13-37(61-47)30-4-10-38-43(20-30)55-25-52-38/h4-6,10-13,16,20-29,33-35H,1-3,7-9,14-15,17-19H2,(H,52,55)(H,53,56)(H,54,57)(H,50,60,61)(H,51,58,64)(H,59,62,63). The minimum Gasteiger partial charge on any atom is -0.381 e. The van der Waals surface area contributed by atoms with E-state index in [0.29, 0.717) is 29.8 Å². The second kappa shape index (κ2) is 17.0. The van der Waals surface area contributed by atoms with Crippen LogP contribution in [0.3, 0.4) is 0 Å². The molecule has 0 radical (unpaired) electrons. The molecule has 6 N–H and O–H groups in total. The zero-order valence-corrected chi connectivity index (χ0v) is 35.8. The van der Waals surface area contributed by atoms with Crippen molar-refractivity contribution < 1.29 is 4.74 Å². The first-order valence-corrected chi connectivity index (χ1v) is 22.9. The van der Waals surface area contributed by atoms with E-state index in [1.54, 1.807) is 19.0 Å². The van der Waals surface area contributed by atoms with E-state index in [1.165, 1.54) is 5.56 Å². The van der Waals surface area contributed by atoms with Crippen LogP contribution in [0.2, 0.25) is 0 Å². The van der Waals surface area contributed by atoms with E-state index >= 15 is 0 Å². The fourth-order valence-electron chi connectivity index (χ4n) is 10.0. The third-order valence-electron chi connectivity index (χ3n) is 13.6. The largest absolute Gasteiger partial charge is 0.381 e. The number of benzene rings is 3. The van der Waals surface area contributed by atoms with Gasteiger partial charge in [-0.05, 0) is 112 Å². The summed E-state index contributed by atoms with van der Waals surface area (Å²) in [7, 11) is 0. The molecule has 3 fully saturated rings. The molecule has 16 heteroatoms. The molecule has 2 unspecified atom stereocenters. The minimum absolute atomic E-state index is 0.205. The number of ether oxygens (including phenoxy) is 1. The Morgan fingerprint density at radius 1 is 0.477 bits per heavy atom. The SMILES string of the molecule is c1cc(-c2ccc3[nH]cnc3c2)nc(NC2CCC(c3cc(-c4ccc5[nH]cnc5c4)nc(NC4CCC(c5cnc(NC6CCOCC6)nc5-c5ccc6[nH]cnc6c5)CC4)n3)C2)n1. The first-order chi connectivity index (χ1) is 32.1. The summed E-state index contributed by atoms with van der Waals surface area (Å²) in [5, 5.41) is 11.1. The zero-order chi connectivity index (χ0) is 43.1. The number of nitrogens with one attached hydrogen (secondary N) is 6. The number of rotatable bonds is 11. The smallest absolute Gasteiger partial charge is 0.223 e. The molecule has 3 aliphatic rings. The van der Waals surface area contributed by atoms with Gasteiger partial charge in [0.15, 0.2) is 0 Å². The topological polar surface area (TPSA) is 209 Å². The number of hydrogen-bond donors (Lipinski definition) is 6. The second-order valence-electron chi connectivity index (χ2n) is 17.7. The molecule has 6 aromatic heterocycles. The minimum atomic E-state index is 0.205. The number of nitrogens with zero attached hydrogens (tertiary/aromatic N) is 9. The van der Waals surface area contributed by atoms with Gasteiger partial charge < -0.3 is 35.6 Å². The van der Waals surface area contributed by atoms with Crippen LogP contribution in [0.4, 0.5) is 17.8 Å². The Morgan fingerprint density at radius 2 is 1.05 bits per heavy atom. The summed E-state index contributed by atoms with van der Waals surface area (Å²) < 4.78 is 5.60. The lowest BCUT2D eigenvalue weighted by molar-refractivity contribution is 0.0903. The maximum atomic E-state index is 5.60. The van der Waals surface area contributed by atoms with Gasteiger partial charge in [0.05, 0.1) is 69.2 Å². The Balaban J connectivity index is 0.773. The van der Waals surface area contributed by atoms with E-state index in [-0.39, 0.29) is 18.0 Å². The average Bonchev–Trinajstić information content (AvgIpc) is 4.20.